The molecule has 0 saturated heterocycles. The quantitative estimate of drug-likeness (QED) is 0.448. The number of halogens is 2. The van der Waals surface area contributed by atoms with Crippen molar-refractivity contribution in [3.05, 3.63) is 92.9 Å². The fourth-order valence-corrected chi connectivity index (χ4v) is 4.37. The standard InChI is InChI=1S/C23H18BrClN2O2/c1-28-18-9-4-15(5-10-18)23-27-21(19-12-16(24)6-11-22(19)29-23)13-20(26-27)14-2-7-17(25)8-3-14/h2-12,21,23H,13H2,1H3. The van der Waals surface area contributed by atoms with Crippen LogP contribution in [0.15, 0.2) is 76.3 Å². The van der Waals surface area contributed by atoms with E-state index in [1.54, 1.807) is 7.11 Å². The van der Waals surface area contributed by atoms with E-state index < -0.39 is 0 Å². The summed E-state index contributed by atoms with van der Waals surface area (Å²) in [7, 11) is 1.67. The number of hydrazone groups is 1. The highest BCUT2D eigenvalue weighted by molar-refractivity contribution is 9.10. The Morgan fingerprint density at radius 2 is 1.83 bits per heavy atom. The Labute approximate surface area is 182 Å². The molecule has 0 saturated carbocycles. The minimum Gasteiger partial charge on any atom is -0.497 e. The summed E-state index contributed by atoms with van der Waals surface area (Å²) in [4.78, 5) is 0. The normalized spacial score (nSPS) is 19.8. The van der Waals surface area contributed by atoms with Gasteiger partial charge in [-0.05, 0) is 60.2 Å². The lowest BCUT2D eigenvalue weighted by Gasteiger charge is -2.38. The van der Waals surface area contributed by atoms with Gasteiger partial charge in [-0.15, -0.1) is 0 Å². The molecule has 0 fully saturated rings. The molecule has 2 heterocycles. The van der Waals surface area contributed by atoms with Crippen molar-refractivity contribution in [2.45, 2.75) is 18.7 Å². The molecular formula is C23H18BrClN2O2. The van der Waals surface area contributed by atoms with Crippen LogP contribution in [0.3, 0.4) is 0 Å². The van der Waals surface area contributed by atoms with Gasteiger partial charge in [0.25, 0.3) is 0 Å². The van der Waals surface area contributed by atoms with E-state index in [1.165, 1.54) is 0 Å². The largest absolute Gasteiger partial charge is 0.497 e. The van der Waals surface area contributed by atoms with Crippen molar-refractivity contribution in [2.24, 2.45) is 5.10 Å². The minimum absolute atomic E-state index is 0.106. The van der Waals surface area contributed by atoms with E-state index in [9.17, 15) is 0 Å². The molecule has 0 amide bonds. The van der Waals surface area contributed by atoms with Gasteiger partial charge in [0.15, 0.2) is 0 Å². The molecule has 0 N–H and O–H groups in total. The molecule has 2 atom stereocenters. The maximum absolute atomic E-state index is 6.40. The third-order valence-electron chi connectivity index (χ3n) is 5.33. The van der Waals surface area contributed by atoms with Gasteiger partial charge in [-0.3, -0.25) is 0 Å². The summed E-state index contributed by atoms with van der Waals surface area (Å²) in [5.41, 5.74) is 4.28. The average Bonchev–Trinajstić information content (AvgIpc) is 3.20. The molecule has 29 heavy (non-hydrogen) atoms. The number of benzene rings is 3. The van der Waals surface area contributed by atoms with Gasteiger partial charge in [0, 0.05) is 27.0 Å². The molecule has 3 aromatic rings. The molecule has 0 aliphatic carbocycles. The van der Waals surface area contributed by atoms with Crippen LogP contribution in [0.4, 0.5) is 0 Å². The summed E-state index contributed by atoms with van der Waals surface area (Å²) in [6.45, 7) is 0. The second kappa shape index (κ2) is 7.39. The van der Waals surface area contributed by atoms with Crippen LogP contribution in [0.25, 0.3) is 0 Å². The summed E-state index contributed by atoms with van der Waals surface area (Å²) in [6, 6.07) is 22.1. The van der Waals surface area contributed by atoms with Gasteiger partial charge in [0.2, 0.25) is 6.23 Å². The lowest BCUT2D eigenvalue weighted by molar-refractivity contribution is -0.0191. The summed E-state index contributed by atoms with van der Waals surface area (Å²) in [5.74, 6) is 1.71. The van der Waals surface area contributed by atoms with E-state index >= 15 is 0 Å². The second-order valence-electron chi connectivity index (χ2n) is 7.08. The zero-order valence-electron chi connectivity index (χ0n) is 15.7. The van der Waals surface area contributed by atoms with Crippen LogP contribution >= 0.6 is 27.5 Å². The first-order valence-corrected chi connectivity index (χ1v) is 10.5. The van der Waals surface area contributed by atoms with Crippen LogP contribution in [0, 0.1) is 0 Å². The minimum atomic E-state index is -0.301. The van der Waals surface area contributed by atoms with Crippen molar-refractivity contribution in [2.75, 3.05) is 7.11 Å². The van der Waals surface area contributed by atoms with Crippen LogP contribution in [0.2, 0.25) is 5.02 Å². The topological polar surface area (TPSA) is 34.1 Å². The zero-order valence-corrected chi connectivity index (χ0v) is 18.0. The third kappa shape index (κ3) is 3.38. The van der Waals surface area contributed by atoms with Crippen molar-refractivity contribution < 1.29 is 9.47 Å². The SMILES string of the molecule is COc1ccc(C2Oc3ccc(Br)cc3C3CC(c4ccc(Cl)cc4)=NN32)cc1. The predicted octanol–water partition coefficient (Wildman–Crippen LogP) is 6.35. The van der Waals surface area contributed by atoms with Gasteiger partial charge >= 0.3 is 0 Å². The van der Waals surface area contributed by atoms with Gasteiger partial charge in [-0.2, -0.15) is 5.10 Å². The number of ether oxygens (including phenoxy) is 2. The summed E-state index contributed by atoms with van der Waals surface area (Å²) < 4.78 is 12.7. The maximum Gasteiger partial charge on any atom is 0.213 e. The van der Waals surface area contributed by atoms with Crippen LogP contribution in [-0.2, 0) is 0 Å². The molecule has 0 spiro atoms. The van der Waals surface area contributed by atoms with Crippen LogP contribution in [0.5, 0.6) is 11.5 Å². The number of fused-ring (bicyclic) bond motifs is 3. The molecule has 146 valence electrons. The fraction of sp³-hybridized carbons (Fsp3) is 0.174. The Balaban J connectivity index is 1.58. The Bertz CT molecular complexity index is 1080. The molecule has 4 nitrogen and oxygen atoms in total. The van der Waals surface area contributed by atoms with E-state index in [0.717, 1.165) is 49.8 Å². The number of methoxy groups -OCH3 is 1. The first-order valence-electron chi connectivity index (χ1n) is 9.34. The Kier molecular flexibility index (Phi) is 4.72. The highest BCUT2D eigenvalue weighted by Gasteiger charge is 2.41. The van der Waals surface area contributed by atoms with Crippen molar-refractivity contribution in [3.63, 3.8) is 0 Å². The molecule has 2 aliphatic rings. The molecule has 2 unspecified atom stereocenters. The smallest absolute Gasteiger partial charge is 0.213 e. The van der Waals surface area contributed by atoms with Gasteiger partial charge in [0.05, 0.1) is 18.9 Å². The van der Waals surface area contributed by atoms with Crippen molar-refractivity contribution in [3.8, 4) is 11.5 Å². The van der Waals surface area contributed by atoms with Crippen molar-refractivity contribution in [1.82, 2.24) is 5.01 Å². The van der Waals surface area contributed by atoms with E-state index in [4.69, 9.17) is 26.2 Å². The Hall–Kier alpha value is -2.50. The molecule has 0 aromatic heterocycles. The van der Waals surface area contributed by atoms with Crippen LogP contribution in [-0.4, -0.2) is 17.8 Å². The lowest BCUT2D eigenvalue weighted by Crippen LogP contribution is -2.33. The maximum atomic E-state index is 6.40. The first kappa shape index (κ1) is 18.5. The van der Waals surface area contributed by atoms with Gasteiger partial charge < -0.3 is 9.47 Å². The highest BCUT2D eigenvalue weighted by Crippen LogP contribution is 2.48. The predicted molar refractivity (Wildman–Crippen MR) is 118 cm³/mol. The second-order valence-corrected chi connectivity index (χ2v) is 8.43. The number of nitrogens with zero attached hydrogens (tertiary/aromatic N) is 2. The summed E-state index contributed by atoms with van der Waals surface area (Å²) in [5, 5.41) is 7.77. The van der Waals surface area contributed by atoms with E-state index in [-0.39, 0.29) is 12.3 Å². The zero-order chi connectivity index (χ0) is 20.0. The average molecular weight is 470 g/mol. The number of hydrogen-bond acceptors (Lipinski definition) is 4. The number of hydrogen-bond donors (Lipinski definition) is 0. The molecule has 5 rings (SSSR count). The van der Waals surface area contributed by atoms with Gasteiger partial charge in [0.1, 0.15) is 11.5 Å². The fourth-order valence-electron chi connectivity index (χ4n) is 3.86. The van der Waals surface area contributed by atoms with Crippen LogP contribution in [0.1, 0.15) is 35.4 Å². The molecule has 0 radical (unpaired) electrons. The van der Waals surface area contributed by atoms with Crippen LogP contribution < -0.4 is 9.47 Å². The monoisotopic (exact) mass is 468 g/mol. The number of rotatable bonds is 3. The van der Waals surface area contributed by atoms with Crippen molar-refractivity contribution in [1.29, 1.82) is 0 Å². The first-order chi connectivity index (χ1) is 14.1. The summed E-state index contributed by atoms with van der Waals surface area (Å²) in [6.07, 6.45) is 0.505. The third-order valence-corrected chi connectivity index (χ3v) is 6.08. The van der Waals surface area contributed by atoms with E-state index in [2.05, 4.69) is 27.0 Å². The molecule has 6 heteroatoms. The highest BCUT2D eigenvalue weighted by atomic mass is 79.9. The van der Waals surface area contributed by atoms with Gasteiger partial charge in [-0.25, -0.2) is 5.01 Å². The summed E-state index contributed by atoms with van der Waals surface area (Å²) >= 11 is 9.66. The van der Waals surface area contributed by atoms with E-state index in [1.807, 2.05) is 60.7 Å². The van der Waals surface area contributed by atoms with Gasteiger partial charge in [-0.1, -0.05) is 39.7 Å². The molecule has 2 aliphatic heterocycles. The molecule has 0 bridgehead atoms. The Morgan fingerprint density at radius 3 is 2.55 bits per heavy atom. The van der Waals surface area contributed by atoms with Crippen molar-refractivity contribution >= 4 is 33.2 Å². The Morgan fingerprint density at radius 1 is 1.07 bits per heavy atom. The lowest BCUT2D eigenvalue weighted by atomic mass is 9.96. The molecular weight excluding hydrogens is 452 g/mol. The molecule has 3 aromatic carbocycles. The van der Waals surface area contributed by atoms with E-state index in [0.29, 0.717) is 0 Å².